The van der Waals surface area contributed by atoms with Crippen molar-refractivity contribution in [3.63, 3.8) is 0 Å². The summed E-state index contributed by atoms with van der Waals surface area (Å²) < 4.78 is 39.3. The Labute approximate surface area is 182 Å². The van der Waals surface area contributed by atoms with Gasteiger partial charge < -0.3 is 0 Å². The molecule has 0 amide bonds. The van der Waals surface area contributed by atoms with E-state index < -0.39 is 33.0 Å². The smallest absolute Gasteiger partial charge is 0.233 e. The summed E-state index contributed by atoms with van der Waals surface area (Å²) in [5.74, 6) is -3.80. The summed E-state index contributed by atoms with van der Waals surface area (Å²) >= 11 is 6.06. The second kappa shape index (κ2) is 8.41. The van der Waals surface area contributed by atoms with Gasteiger partial charge in [0, 0.05) is 0 Å². The van der Waals surface area contributed by atoms with Crippen LogP contribution in [0, 0.1) is 31.0 Å². The van der Waals surface area contributed by atoms with Crippen molar-refractivity contribution in [1.29, 1.82) is 5.26 Å². The topological polar surface area (TPSA) is 110 Å². The van der Waals surface area contributed by atoms with Crippen LogP contribution >= 0.6 is 11.6 Å². The van der Waals surface area contributed by atoms with Crippen molar-refractivity contribution in [2.75, 3.05) is 5.75 Å². The molecule has 0 N–H and O–H groups in total. The van der Waals surface area contributed by atoms with Crippen molar-refractivity contribution in [2.45, 2.75) is 18.7 Å². The van der Waals surface area contributed by atoms with E-state index in [-0.39, 0.29) is 26.7 Å². The van der Waals surface area contributed by atoms with Crippen LogP contribution in [0.1, 0.15) is 27.3 Å². The highest BCUT2D eigenvalue weighted by atomic mass is 35.5. The molecule has 158 valence electrons. The Kier molecular flexibility index (Phi) is 6.06. The lowest BCUT2D eigenvalue weighted by atomic mass is 10.1. The van der Waals surface area contributed by atoms with Gasteiger partial charge in [0.25, 0.3) is 0 Å². The lowest BCUT2D eigenvalue weighted by Crippen LogP contribution is -2.25. The van der Waals surface area contributed by atoms with Gasteiger partial charge in [-0.3, -0.25) is 9.59 Å². The molecule has 0 aliphatic heterocycles. The molecule has 0 fully saturated rings. The number of benzene rings is 2. The van der Waals surface area contributed by atoms with E-state index in [1.807, 2.05) is 6.07 Å². The lowest BCUT2D eigenvalue weighted by molar-refractivity contribution is -0.112. The number of hydrogen-bond acceptors (Lipinski definition) is 6. The van der Waals surface area contributed by atoms with Crippen LogP contribution in [0.4, 0.5) is 4.39 Å². The molecular formula is C21H15ClFN3O4S. The summed E-state index contributed by atoms with van der Waals surface area (Å²) in [5, 5.41) is 13.5. The van der Waals surface area contributed by atoms with E-state index in [2.05, 4.69) is 5.10 Å². The van der Waals surface area contributed by atoms with Crippen molar-refractivity contribution in [1.82, 2.24) is 9.78 Å². The van der Waals surface area contributed by atoms with Crippen molar-refractivity contribution >= 4 is 33.0 Å². The minimum absolute atomic E-state index is 0.0141. The molecule has 2 aromatic carbocycles. The molecular weight excluding hydrogens is 445 g/mol. The Bertz CT molecular complexity index is 1360. The van der Waals surface area contributed by atoms with Crippen molar-refractivity contribution < 1.29 is 22.4 Å². The molecule has 1 heterocycles. The highest BCUT2D eigenvalue weighted by Gasteiger charge is 2.29. The maximum atomic E-state index is 13.0. The number of ketones is 2. The van der Waals surface area contributed by atoms with Crippen LogP contribution in [-0.2, 0) is 14.6 Å². The molecule has 0 spiro atoms. The number of Topliss-reactive ketones (excluding diaryl/α,β-unsaturated/α-hetero) is 2. The molecule has 0 radical (unpaired) electrons. The fraction of sp³-hybridized carbons (Fsp3) is 0.143. The van der Waals surface area contributed by atoms with E-state index in [9.17, 15) is 22.4 Å². The minimum atomic E-state index is -4.13. The van der Waals surface area contributed by atoms with Gasteiger partial charge in [-0.2, -0.15) is 10.4 Å². The fourth-order valence-electron chi connectivity index (χ4n) is 3.05. The highest BCUT2D eigenvalue weighted by Crippen LogP contribution is 2.24. The van der Waals surface area contributed by atoms with Crippen LogP contribution in [0.3, 0.4) is 0 Å². The summed E-state index contributed by atoms with van der Waals surface area (Å²) in [5.41, 5.74) is 1.27. The zero-order valence-corrected chi connectivity index (χ0v) is 18.0. The monoisotopic (exact) mass is 459 g/mol. The van der Waals surface area contributed by atoms with Crippen molar-refractivity contribution in [3.05, 3.63) is 75.8 Å². The molecule has 0 bridgehead atoms. The summed E-state index contributed by atoms with van der Waals surface area (Å²) in [4.78, 5) is 25.0. The first-order valence-electron chi connectivity index (χ1n) is 8.87. The summed E-state index contributed by atoms with van der Waals surface area (Å²) in [6.07, 6.45) is 0. The fourth-order valence-corrected chi connectivity index (χ4v) is 4.46. The number of carbonyl (C=O) groups is 2. The zero-order chi connectivity index (χ0) is 22.9. The molecule has 3 aromatic rings. The van der Waals surface area contributed by atoms with Gasteiger partial charge in [-0.05, 0) is 56.3 Å². The van der Waals surface area contributed by atoms with Gasteiger partial charge in [0.2, 0.25) is 11.6 Å². The number of sulfone groups is 1. The number of aryl methyl sites for hydroxylation is 1. The standard InChI is InChI=1S/C21H15ClFN3O4S/c1-12-20(13(2)26(25-12)16-6-3-14(10-24)18(22)9-16)21(28)19(27)11-31(29,30)17-7-4-15(23)5-8-17/h3-9H,11H2,1-2H3. The summed E-state index contributed by atoms with van der Waals surface area (Å²) in [6.45, 7) is 3.07. The third-order valence-electron chi connectivity index (χ3n) is 4.58. The molecule has 3 rings (SSSR count). The molecule has 0 unspecified atom stereocenters. The van der Waals surface area contributed by atoms with Gasteiger partial charge >= 0.3 is 0 Å². The second-order valence-electron chi connectivity index (χ2n) is 6.70. The molecule has 0 aliphatic carbocycles. The maximum absolute atomic E-state index is 13.0. The summed E-state index contributed by atoms with van der Waals surface area (Å²) in [7, 11) is -4.13. The molecule has 10 heteroatoms. The Morgan fingerprint density at radius 3 is 2.39 bits per heavy atom. The van der Waals surface area contributed by atoms with E-state index >= 15 is 0 Å². The van der Waals surface area contributed by atoms with Crippen molar-refractivity contribution in [3.8, 4) is 11.8 Å². The number of nitriles is 1. The van der Waals surface area contributed by atoms with Crippen LogP contribution in [0.2, 0.25) is 5.02 Å². The number of aromatic nitrogens is 2. The van der Waals surface area contributed by atoms with Gasteiger partial charge in [0.1, 0.15) is 17.6 Å². The molecule has 0 aliphatic rings. The average Bonchev–Trinajstić information content (AvgIpc) is 3.01. The van der Waals surface area contributed by atoms with Gasteiger partial charge in [0.15, 0.2) is 9.84 Å². The van der Waals surface area contributed by atoms with Gasteiger partial charge in [-0.15, -0.1) is 0 Å². The molecule has 0 saturated carbocycles. The number of rotatable bonds is 6. The van der Waals surface area contributed by atoms with Crippen LogP contribution in [0.15, 0.2) is 47.4 Å². The van der Waals surface area contributed by atoms with Gasteiger partial charge in [-0.1, -0.05) is 11.6 Å². The van der Waals surface area contributed by atoms with Crippen LogP contribution < -0.4 is 0 Å². The van der Waals surface area contributed by atoms with Crippen molar-refractivity contribution in [2.24, 2.45) is 0 Å². The Morgan fingerprint density at radius 2 is 1.81 bits per heavy atom. The maximum Gasteiger partial charge on any atom is 0.233 e. The van der Waals surface area contributed by atoms with E-state index in [4.69, 9.17) is 16.9 Å². The summed E-state index contributed by atoms with van der Waals surface area (Å²) in [6, 6.07) is 10.5. The average molecular weight is 460 g/mol. The quantitative estimate of drug-likeness (QED) is 0.317. The second-order valence-corrected chi connectivity index (χ2v) is 9.10. The van der Waals surface area contributed by atoms with E-state index in [1.165, 1.54) is 23.7 Å². The van der Waals surface area contributed by atoms with E-state index in [1.54, 1.807) is 13.0 Å². The first-order valence-corrected chi connectivity index (χ1v) is 10.9. The zero-order valence-electron chi connectivity index (χ0n) is 16.4. The van der Waals surface area contributed by atoms with Crippen LogP contribution in [0.25, 0.3) is 5.69 Å². The predicted octanol–water partition coefficient (Wildman–Crippen LogP) is 3.38. The lowest BCUT2D eigenvalue weighted by Gasteiger charge is -2.07. The third-order valence-corrected chi connectivity index (χ3v) is 6.53. The highest BCUT2D eigenvalue weighted by molar-refractivity contribution is 7.92. The number of carbonyl (C=O) groups excluding carboxylic acids is 2. The molecule has 0 saturated heterocycles. The van der Waals surface area contributed by atoms with Gasteiger partial charge in [-0.25, -0.2) is 17.5 Å². The molecule has 7 nitrogen and oxygen atoms in total. The number of nitrogens with zero attached hydrogens (tertiary/aromatic N) is 3. The minimum Gasteiger partial charge on any atom is -0.289 e. The Balaban J connectivity index is 1.92. The predicted molar refractivity (Wildman–Crippen MR) is 111 cm³/mol. The number of halogens is 2. The number of hydrogen-bond donors (Lipinski definition) is 0. The Morgan fingerprint density at radius 1 is 1.16 bits per heavy atom. The SMILES string of the molecule is Cc1nn(-c2ccc(C#N)c(Cl)c2)c(C)c1C(=O)C(=O)CS(=O)(=O)c1ccc(F)cc1. The first-order chi connectivity index (χ1) is 14.5. The first kappa shape index (κ1) is 22.3. The van der Waals surface area contributed by atoms with E-state index in [0.717, 1.165) is 24.3 Å². The normalized spacial score (nSPS) is 11.2. The van der Waals surface area contributed by atoms with Gasteiger partial charge in [0.05, 0.1) is 38.1 Å². The van der Waals surface area contributed by atoms with Crippen LogP contribution in [0.5, 0.6) is 0 Å². The largest absolute Gasteiger partial charge is 0.289 e. The third kappa shape index (κ3) is 4.40. The Hall–Kier alpha value is -3.35. The van der Waals surface area contributed by atoms with Crippen LogP contribution in [-0.4, -0.2) is 35.5 Å². The van der Waals surface area contributed by atoms with E-state index in [0.29, 0.717) is 11.4 Å². The molecule has 1 aromatic heterocycles. The molecule has 0 atom stereocenters. The molecule has 31 heavy (non-hydrogen) atoms.